The number of aromatic nitrogens is 3. The smallest absolute Gasteiger partial charge is 0.348 e. The van der Waals surface area contributed by atoms with Crippen LogP contribution in [0.25, 0.3) is 0 Å². The topological polar surface area (TPSA) is 113 Å². The number of carboxylic acids is 1. The van der Waals surface area contributed by atoms with Crippen LogP contribution in [-0.4, -0.2) is 58.6 Å². The summed E-state index contributed by atoms with van der Waals surface area (Å²) in [5.74, 6) is -1.20. The summed E-state index contributed by atoms with van der Waals surface area (Å²) < 4.78 is 20.5. The van der Waals surface area contributed by atoms with Crippen LogP contribution in [0, 0.1) is 0 Å². The van der Waals surface area contributed by atoms with E-state index in [2.05, 4.69) is 15.0 Å². The van der Waals surface area contributed by atoms with Crippen LogP contribution in [0.5, 0.6) is 18.0 Å². The Balaban J connectivity index is 3.07. The van der Waals surface area contributed by atoms with Crippen molar-refractivity contribution in [2.45, 2.75) is 32.5 Å². The molecule has 9 nitrogen and oxygen atoms in total. The van der Waals surface area contributed by atoms with Crippen molar-refractivity contribution in [2.24, 2.45) is 0 Å². The Morgan fingerprint density at radius 2 is 1.62 bits per heavy atom. The Morgan fingerprint density at radius 1 is 1.14 bits per heavy atom. The number of hydrogen-bond donors (Lipinski definition) is 1. The van der Waals surface area contributed by atoms with Gasteiger partial charge in [0, 0.05) is 6.61 Å². The molecule has 1 atom stereocenters. The monoisotopic (exact) mass is 301 g/mol. The first-order valence-electron chi connectivity index (χ1n) is 6.21. The van der Waals surface area contributed by atoms with Gasteiger partial charge in [-0.15, -0.1) is 15.0 Å². The van der Waals surface area contributed by atoms with Crippen molar-refractivity contribution in [1.29, 1.82) is 0 Å². The summed E-state index contributed by atoms with van der Waals surface area (Å²) in [6, 6.07) is -0.315. The first-order chi connectivity index (χ1) is 9.83. The minimum atomic E-state index is -1.31. The Hall–Kier alpha value is -2.16. The van der Waals surface area contributed by atoms with E-state index in [1.165, 1.54) is 14.2 Å². The molecule has 1 aromatic rings. The summed E-state index contributed by atoms with van der Waals surface area (Å²) in [7, 11) is 2.72. The van der Waals surface area contributed by atoms with Crippen LogP contribution in [0.3, 0.4) is 0 Å². The lowest BCUT2D eigenvalue weighted by molar-refractivity contribution is -0.162. The minimum absolute atomic E-state index is 0.0461. The number of carboxylic acid groups (broad SMARTS) is 1. The van der Waals surface area contributed by atoms with Crippen LogP contribution in [0.15, 0.2) is 0 Å². The normalized spacial score (nSPS) is 12.6. The van der Waals surface area contributed by atoms with E-state index in [4.69, 9.17) is 18.9 Å². The van der Waals surface area contributed by atoms with Gasteiger partial charge >= 0.3 is 24.0 Å². The number of carbonyl (C=O) groups is 1. The van der Waals surface area contributed by atoms with E-state index >= 15 is 0 Å². The quantitative estimate of drug-likeness (QED) is 0.734. The van der Waals surface area contributed by atoms with Crippen molar-refractivity contribution in [1.82, 2.24) is 15.0 Å². The van der Waals surface area contributed by atoms with Crippen molar-refractivity contribution < 1.29 is 28.8 Å². The number of aliphatic carboxylic acids is 1. The van der Waals surface area contributed by atoms with Gasteiger partial charge in [-0.1, -0.05) is 0 Å². The lowest BCUT2D eigenvalue weighted by atomic mass is 10.0. The van der Waals surface area contributed by atoms with E-state index in [0.717, 1.165) is 0 Å². The van der Waals surface area contributed by atoms with Crippen LogP contribution in [0.1, 0.15) is 20.8 Å². The Kier molecular flexibility index (Phi) is 5.65. The van der Waals surface area contributed by atoms with Gasteiger partial charge in [0.2, 0.25) is 6.10 Å². The lowest BCUT2D eigenvalue weighted by Crippen LogP contribution is -2.48. The second-order valence-corrected chi connectivity index (χ2v) is 4.46. The largest absolute Gasteiger partial charge is 0.478 e. The van der Waals surface area contributed by atoms with Gasteiger partial charge in [0.15, 0.2) is 0 Å². The molecule has 1 heterocycles. The number of rotatable bonds is 8. The highest BCUT2D eigenvalue weighted by Gasteiger charge is 2.39. The van der Waals surface area contributed by atoms with Crippen molar-refractivity contribution >= 4 is 5.97 Å². The summed E-state index contributed by atoms with van der Waals surface area (Å²) in [6.45, 7) is 5.30. The predicted molar refractivity (Wildman–Crippen MR) is 70.7 cm³/mol. The molecule has 21 heavy (non-hydrogen) atoms. The Bertz CT molecular complexity index is 472. The molecular formula is C12H19N3O6. The molecule has 0 saturated heterocycles. The number of ether oxygens (including phenoxy) is 4. The van der Waals surface area contributed by atoms with Crippen LogP contribution >= 0.6 is 0 Å². The third kappa shape index (κ3) is 4.42. The van der Waals surface area contributed by atoms with E-state index in [-0.39, 0.29) is 18.0 Å². The number of nitrogens with zero attached hydrogens (tertiary/aromatic N) is 3. The fourth-order valence-corrected chi connectivity index (χ4v) is 1.60. The molecule has 0 aromatic carbocycles. The van der Waals surface area contributed by atoms with Crippen LogP contribution in [-0.2, 0) is 9.53 Å². The summed E-state index contributed by atoms with van der Waals surface area (Å²) in [6.07, 6.45) is -1.31. The Morgan fingerprint density at radius 3 is 2.00 bits per heavy atom. The van der Waals surface area contributed by atoms with Crippen molar-refractivity contribution in [3.63, 3.8) is 0 Å². The van der Waals surface area contributed by atoms with Crippen molar-refractivity contribution in [2.75, 3.05) is 20.8 Å². The molecule has 0 bridgehead atoms. The van der Waals surface area contributed by atoms with Crippen LogP contribution in [0.4, 0.5) is 0 Å². The molecule has 1 N–H and O–H groups in total. The van der Waals surface area contributed by atoms with Gasteiger partial charge in [-0.2, -0.15) is 0 Å². The first kappa shape index (κ1) is 16.9. The third-order valence-corrected chi connectivity index (χ3v) is 2.53. The molecule has 9 heteroatoms. The maximum absolute atomic E-state index is 11.4. The van der Waals surface area contributed by atoms with Gasteiger partial charge in [-0.25, -0.2) is 4.79 Å². The Labute approximate surface area is 122 Å². The standard InChI is InChI=1S/C12H19N3O6/c1-6-20-12(2,3)7(8(16)17)21-11-14-9(18-4)13-10(15-11)19-5/h7H,6H2,1-5H3,(H,16,17). The molecule has 1 unspecified atom stereocenters. The fourth-order valence-electron chi connectivity index (χ4n) is 1.60. The lowest BCUT2D eigenvalue weighted by Gasteiger charge is -2.30. The maximum Gasteiger partial charge on any atom is 0.348 e. The van der Waals surface area contributed by atoms with E-state index in [0.29, 0.717) is 6.61 Å². The zero-order chi connectivity index (χ0) is 16.0. The highest BCUT2D eigenvalue weighted by Crippen LogP contribution is 2.22. The second kappa shape index (κ2) is 7.02. The fraction of sp³-hybridized carbons (Fsp3) is 0.667. The van der Waals surface area contributed by atoms with Crippen molar-refractivity contribution in [3.8, 4) is 18.0 Å². The molecule has 0 amide bonds. The second-order valence-electron chi connectivity index (χ2n) is 4.46. The summed E-state index contributed by atoms with van der Waals surface area (Å²) in [5.41, 5.74) is -1.08. The molecule has 0 radical (unpaired) electrons. The highest BCUT2D eigenvalue weighted by molar-refractivity contribution is 5.74. The summed E-state index contributed by atoms with van der Waals surface area (Å²) in [4.78, 5) is 22.9. The van der Waals surface area contributed by atoms with Crippen LogP contribution < -0.4 is 14.2 Å². The van der Waals surface area contributed by atoms with Gasteiger partial charge in [-0.3, -0.25) is 0 Å². The van der Waals surface area contributed by atoms with Gasteiger partial charge in [0.25, 0.3) is 0 Å². The van der Waals surface area contributed by atoms with E-state index in [1.54, 1.807) is 20.8 Å². The molecule has 0 spiro atoms. The van der Waals surface area contributed by atoms with Crippen LogP contribution in [0.2, 0.25) is 0 Å². The van der Waals surface area contributed by atoms with Gasteiger partial charge in [0.05, 0.1) is 14.2 Å². The van der Waals surface area contributed by atoms with E-state index in [1.807, 2.05) is 0 Å². The molecule has 0 aliphatic heterocycles. The zero-order valence-corrected chi connectivity index (χ0v) is 12.6. The molecule has 118 valence electrons. The average Bonchev–Trinajstić information content (AvgIpc) is 2.43. The minimum Gasteiger partial charge on any atom is -0.478 e. The summed E-state index contributed by atoms with van der Waals surface area (Å²) >= 11 is 0. The van der Waals surface area contributed by atoms with E-state index < -0.39 is 17.7 Å². The van der Waals surface area contributed by atoms with Gasteiger partial charge in [0.1, 0.15) is 5.60 Å². The third-order valence-electron chi connectivity index (χ3n) is 2.53. The predicted octanol–water partition coefficient (Wildman–Crippen LogP) is 0.536. The number of hydrogen-bond acceptors (Lipinski definition) is 8. The SMILES string of the molecule is CCOC(C)(C)C(Oc1nc(OC)nc(OC)n1)C(=O)O. The zero-order valence-electron chi connectivity index (χ0n) is 12.6. The highest BCUT2D eigenvalue weighted by atomic mass is 16.6. The molecule has 1 aromatic heterocycles. The molecule has 0 aliphatic rings. The van der Waals surface area contributed by atoms with Crippen molar-refractivity contribution in [3.05, 3.63) is 0 Å². The number of methoxy groups -OCH3 is 2. The molecule has 0 saturated carbocycles. The van der Waals surface area contributed by atoms with Gasteiger partial charge in [-0.05, 0) is 20.8 Å². The maximum atomic E-state index is 11.4. The van der Waals surface area contributed by atoms with E-state index in [9.17, 15) is 9.90 Å². The molecular weight excluding hydrogens is 282 g/mol. The molecule has 1 rings (SSSR count). The molecule has 0 aliphatic carbocycles. The first-order valence-corrected chi connectivity index (χ1v) is 6.21. The average molecular weight is 301 g/mol. The summed E-state index contributed by atoms with van der Waals surface area (Å²) in [5, 5.41) is 9.31. The van der Waals surface area contributed by atoms with Gasteiger partial charge < -0.3 is 24.1 Å². The molecule has 0 fully saturated rings.